The zero-order valence-corrected chi connectivity index (χ0v) is 34.4. The van der Waals surface area contributed by atoms with Crippen molar-refractivity contribution in [2.45, 2.75) is 170 Å². The Morgan fingerprint density at radius 2 is 1.46 bits per heavy atom. The Kier molecular flexibility index (Phi) is 13.4. The van der Waals surface area contributed by atoms with Gasteiger partial charge in [0.2, 0.25) is 0 Å². The summed E-state index contributed by atoms with van der Waals surface area (Å²) in [5.74, 6) is 1.06. The molecule has 3 saturated carbocycles. The maximum absolute atomic E-state index is 14.3. The second-order valence-corrected chi connectivity index (χ2v) is 18.0. The highest BCUT2D eigenvalue weighted by molar-refractivity contribution is 5.94. The van der Waals surface area contributed by atoms with Crippen LogP contribution in [-0.2, 0) is 52.4 Å². The maximum atomic E-state index is 14.3. The van der Waals surface area contributed by atoms with Crippen LogP contribution >= 0.6 is 0 Å². The molecule has 0 aromatic heterocycles. The van der Waals surface area contributed by atoms with Crippen LogP contribution in [0.2, 0.25) is 0 Å². The number of esters is 4. The van der Waals surface area contributed by atoms with Crippen LogP contribution in [0.25, 0.3) is 0 Å². The second-order valence-electron chi connectivity index (χ2n) is 18.0. The van der Waals surface area contributed by atoms with Crippen molar-refractivity contribution < 1.29 is 52.4 Å². The summed E-state index contributed by atoms with van der Waals surface area (Å²) in [7, 11) is 0. The Labute approximate surface area is 322 Å². The van der Waals surface area contributed by atoms with E-state index < -0.39 is 60.7 Å². The molecule has 0 spiro atoms. The first-order chi connectivity index (χ1) is 25.4. The zero-order valence-electron chi connectivity index (χ0n) is 34.4. The number of fused-ring (bicyclic) bond motifs is 5. The third-order valence-corrected chi connectivity index (χ3v) is 14.4. The molecule has 5 rings (SSSR count). The molecule has 0 radical (unpaired) electrons. The van der Waals surface area contributed by atoms with E-state index in [1.54, 1.807) is 0 Å². The standard InChI is InChI=1S/C43H66O11/c1-11-29(23(2)3)13-12-24(4)32-14-15-33-37-34(17-19-43(32,33)10)42(9)18-16-31(20-30(42)21-35(37)48)53-41-40(52-28(8)47)39(51-27(7)46)38(50-26(6)45)36(54-41)22-49-25(5)44/h21,23-24,29,31-34,36-41H,11-20,22H2,1-10H3. The average molecular weight is 759 g/mol. The van der Waals surface area contributed by atoms with E-state index in [4.69, 9.17) is 28.4 Å². The lowest BCUT2D eigenvalue weighted by Crippen LogP contribution is -2.63. The lowest BCUT2D eigenvalue weighted by Gasteiger charge is -2.58. The van der Waals surface area contributed by atoms with E-state index in [1.165, 1.54) is 53.4 Å². The summed E-state index contributed by atoms with van der Waals surface area (Å²) < 4.78 is 34.8. The van der Waals surface area contributed by atoms with Gasteiger partial charge in [0.1, 0.15) is 12.7 Å². The Hall–Kier alpha value is -2.79. The predicted octanol–water partition coefficient (Wildman–Crippen LogP) is 7.31. The van der Waals surface area contributed by atoms with E-state index in [9.17, 15) is 24.0 Å². The monoisotopic (exact) mass is 758 g/mol. The molecular weight excluding hydrogens is 692 g/mol. The molecule has 1 saturated heterocycles. The normalized spacial score (nSPS) is 38.6. The van der Waals surface area contributed by atoms with Crippen LogP contribution in [0.3, 0.4) is 0 Å². The molecule has 5 aliphatic rings. The minimum atomic E-state index is -1.29. The number of ketones is 1. The molecule has 4 fully saturated rings. The second kappa shape index (κ2) is 17.1. The summed E-state index contributed by atoms with van der Waals surface area (Å²) in [6.45, 7) is 18.8. The Balaban J connectivity index is 1.34. The van der Waals surface area contributed by atoms with Crippen LogP contribution in [0.5, 0.6) is 0 Å². The lowest BCUT2D eigenvalue weighted by atomic mass is 9.46. The van der Waals surface area contributed by atoms with E-state index >= 15 is 0 Å². The molecule has 0 bridgehead atoms. The largest absolute Gasteiger partial charge is 0.463 e. The molecule has 11 nitrogen and oxygen atoms in total. The van der Waals surface area contributed by atoms with Crippen LogP contribution in [-0.4, -0.2) is 73.1 Å². The Bertz CT molecular complexity index is 1440. The summed E-state index contributed by atoms with van der Waals surface area (Å²) in [5, 5.41) is 0. The Morgan fingerprint density at radius 1 is 0.815 bits per heavy atom. The summed E-state index contributed by atoms with van der Waals surface area (Å²) in [6.07, 6.45) is 5.63. The van der Waals surface area contributed by atoms with E-state index in [0.29, 0.717) is 36.5 Å². The van der Waals surface area contributed by atoms with Gasteiger partial charge in [-0.1, -0.05) is 60.0 Å². The zero-order chi connectivity index (χ0) is 39.7. The first-order valence-electron chi connectivity index (χ1n) is 20.6. The van der Waals surface area contributed by atoms with Gasteiger partial charge in [0.05, 0.1) is 6.10 Å². The summed E-state index contributed by atoms with van der Waals surface area (Å²) in [5.41, 5.74) is 1.12. The van der Waals surface area contributed by atoms with Gasteiger partial charge in [-0.15, -0.1) is 0 Å². The minimum absolute atomic E-state index is 0.0333. The number of rotatable bonds is 13. The van der Waals surface area contributed by atoms with Crippen LogP contribution in [0, 0.1) is 52.3 Å². The molecule has 0 N–H and O–H groups in total. The van der Waals surface area contributed by atoms with Crippen molar-refractivity contribution in [3.05, 3.63) is 11.6 Å². The van der Waals surface area contributed by atoms with Crippen molar-refractivity contribution in [3.8, 4) is 0 Å². The van der Waals surface area contributed by atoms with Gasteiger partial charge in [0.25, 0.3) is 0 Å². The summed E-state index contributed by atoms with van der Waals surface area (Å²) in [4.78, 5) is 62.9. The molecule has 4 aliphatic carbocycles. The maximum Gasteiger partial charge on any atom is 0.303 e. The number of carbonyl (C=O) groups excluding carboxylic acids is 5. The van der Waals surface area contributed by atoms with Crippen molar-refractivity contribution in [2.75, 3.05) is 6.61 Å². The fraction of sp³-hybridized carbons (Fsp3) is 0.837. The van der Waals surface area contributed by atoms with Crippen LogP contribution < -0.4 is 0 Å². The average Bonchev–Trinajstić information content (AvgIpc) is 3.43. The Morgan fingerprint density at radius 3 is 2.07 bits per heavy atom. The van der Waals surface area contributed by atoms with E-state index in [1.807, 2.05) is 6.08 Å². The number of allylic oxidation sites excluding steroid dienone is 1. The molecule has 1 heterocycles. The van der Waals surface area contributed by atoms with Gasteiger partial charge in [-0.2, -0.15) is 0 Å². The van der Waals surface area contributed by atoms with Gasteiger partial charge in [-0.25, -0.2) is 0 Å². The fourth-order valence-corrected chi connectivity index (χ4v) is 11.6. The van der Waals surface area contributed by atoms with Gasteiger partial charge >= 0.3 is 23.9 Å². The highest BCUT2D eigenvalue weighted by Crippen LogP contribution is 2.67. The van der Waals surface area contributed by atoms with Crippen molar-refractivity contribution in [1.82, 2.24) is 0 Å². The molecule has 0 aromatic rings. The highest BCUT2D eigenvalue weighted by atomic mass is 16.7. The SMILES string of the molecule is CCC(CCC(C)C1CCC2C3C(=O)C=C4CC(OC5OC(COC(C)=O)C(OC(C)=O)C(OC(C)=O)C5OC(C)=O)CCC4(C)C3CCC12C)C(C)C. The van der Waals surface area contributed by atoms with Gasteiger partial charge in [-0.05, 0) is 104 Å². The van der Waals surface area contributed by atoms with Gasteiger partial charge < -0.3 is 28.4 Å². The topological polar surface area (TPSA) is 141 Å². The predicted molar refractivity (Wildman–Crippen MR) is 199 cm³/mol. The fourth-order valence-electron chi connectivity index (χ4n) is 11.6. The molecule has 0 amide bonds. The lowest BCUT2D eigenvalue weighted by molar-refractivity contribution is -0.318. The van der Waals surface area contributed by atoms with E-state index in [2.05, 4.69) is 41.5 Å². The van der Waals surface area contributed by atoms with Crippen LogP contribution in [0.1, 0.15) is 133 Å². The van der Waals surface area contributed by atoms with Crippen molar-refractivity contribution in [1.29, 1.82) is 0 Å². The molecular formula is C43H66O11. The number of hydrogen-bond donors (Lipinski definition) is 0. The van der Waals surface area contributed by atoms with Gasteiger partial charge in [-0.3, -0.25) is 24.0 Å². The van der Waals surface area contributed by atoms with Crippen molar-refractivity contribution in [3.63, 3.8) is 0 Å². The number of carbonyl (C=O) groups is 5. The first kappa shape index (κ1) is 42.4. The van der Waals surface area contributed by atoms with Crippen LogP contribution in [0.4, 0.5) is 0 Å². The molecule has 14 unspecified atom stereocenters. The number of ether oxygens (including phenoxy) is 6. The minimum Gasteiger partial charge on any atom is -0.463 e. The van der Waals surface area contributed by atoms with Gasteiger partial charge in [0.15, 0.2) is 30.4 Å². The van der Waals surface area contributed by atoms with Crippen molar-refractivity contribution in [2.24, 2.45) is 52.3 Å². The third-order valence-electron chi connectivity index (χ3n) is 14.4. The smallest absolute Gasteiger partial charge is 0.303 e. The summed E-state index contributed by atoms with van der Waals surface area (Å²) in [6, 6.07) is 0. The van der Waals surface area contributed by atoms with E-state index in [-0.39, 0.29) is 35.1 Å². The highest BCUT2D eigenvalue weighted by Gasteiger charge is 2.62. The van der Waals surface area contributed by atoms with Crippen molar-refractivity contribution >= 4 is 29.7 Å². The molecule has 0 aromatic carbocycles. The number of hydrogen-bond acceptors (Lipinski definition) is 11. The molecule has 1 aliphatic heterocycles. The van der Waals surface area contributed by atoms with Crippen LogP contribution in [0.15, 0.2) is 11.6 Å². The molecule has 11 heteroatoms. The molecule has 54 heavy (non-hydrogen) atoms. The molecule has 14 atom stereocenters. The third kappa shape index (κ3) is 8.77. The van der Waals surface area contributed by atoms with E-state index in [0.717, 1.165) is 37.2 Å². The summed E-state index contributed by atoms with van der Waals surface area (Å²) >= 11 is 0. The van der Waals surface area contributed by atoms with Gasteiger partial charge in [0, 0.05) is 33.6 Å². The first-order valence-corrected chi connectivity index (χ1v) is 20.6. The quantitative estimate of drug-likeness (QED) is 0.138. The molecule has 304 valence electrons.